The Morgan fingerprint density at radius 1 is 1.42 bits per heavy atom. The molecule has 8 heteroatoms. The van der Waals surface area contributed by atoms with Crippen LogP contribution in [0.25, 0.3) is 0 Å². The van der Waals surface area contributed by atoms with Crippen molar-refractivity contribution in [3.8, 4) is 0 Å². The van der Waals surface area contributed by atoms with E-state index in [1.807, 2.05) is 18.2 Å². The highest BCUT2D eigenvalue weighted by atomic mass is 35.5. The predicted octanol–water partition coefficient (Wildman–Crippen LogP) is 4.36. The number of amides is 1. The molecular weight excluding hydrogens is 367 g/mol. The van der Waals surface area contributed by atoms with Gasteiger partial charge in [0.05, 0.1) is 12.1 Å². The van der Waals surface area contributed by atoms with Crippen molar-refractivity contribution in [1.82, 2.24) is 9.88 Å². The number of pyridine rings is 1. The zero-order valence-corrected chi connectivity index (χ0v) is 15.2. The van der Waals surface area contributed by atoms with Crippen LogP contribution in [0.4, 0.5) is 13.2 Å². The molecule has 1 aliphatic heterocycles. The summed E-state index contributed by atoms with van der Waals surface area (Å²) in [5.41, 5.74) is 1.50. The molecule has 0 saturated heterocycles. The summed E-state index contributed by atoms with van der Waals surface area (Å²) in [5.74, 6) is -0.533. The summed E-state index contributed by atoms with van der Waals surface area (Å²) in [4.78, 5) is 21.8. The summed E-state index contributed by atoms with van der Waals surface area (Å²) in [6.45, 7) is 2.44. The standard InChI is InChI=1S/C18H21ClF3N3O/c1-2-25(16(26)7-8-18(20,21)22)15-10-14(12-24-17(15)19)6-5-13-4-3-9-23-11-13/h3-4,9-11,14H,2,5-8,12H2,1H3. The zero-order valence-electron chi connectivity index (χ0n) is 14.5. The Labute approximate surface area is 155 Å². The van der Waals surface area contributed by atoms with E-state index in [1.54, 1.807) is 19.3 Å². The van der Waals surface area contributed by atoms with Crippen molar-refractivity contribution in [3.05, 3.63) is 41.9 Å². The minimum Gasteiger partial charge on any atom is -0.310 e. The number of hydrogen-bond acceptors (Lipinski definition) is 3. The third-order valence-corrected chi connectivity index (χ3v) is 4.44. The first-order chi connectivity index (χ1) is 12.3. The van der Waals surface area contributed by atoms with Crippen molar-refractivity contribution in [2.45, 2.75) is 38.8 Å². The van der Waals surface area contributed by atoms with Gasteiger partial charge in [-0.3, -0.25) is 14.8 Å². The maximum absolute atomic E-state index is 12.4. The fraction of sp³-hybridized carbons (Fsp3) is 0.500. The maximum atomic E-state index is 12.4. The number of carbonyl (C=O) groups excluding carboxylic acids is 1. The largest absolute Gasteiger partial charge is 0.389 e. The van der Waals surface area contributed by atoms with E-state index in [1.165, 1.54) is 4.90 Å². The average Bonchev–Trinajstić information content (AvgIpc) is 2.61. The molecule has 142 valence electrons. The van der Waals surface area contributed by atoms with Crippen molar-refractivity contribution in [2.75, 3.05) is 13.1 Å². The van der Waals surface area contributed by atoms with Crippen LogP contribution in [0.2, 0.25) is 0 Å². The lowest BCUT2D eigenvalue weighted by molar-refractivity contribution is -0.147. The number of halogens is 4. The molecule has 4 nitrogen and oxygen atoms in total. The average molecular weight is 388 g/mol. The van der Waals surface area contributed by atoms with Crippen LogP contribution >= 0.6 is 11.6 Å². The summed E-state index contributed by atoms with van der Waals surface area (Å²) in [6.07, 6.45) is 0.830. The molecule has 0 bridgehead atoms. The summed E-state index contributed by atoms with van der Waals surface area (Å²) >= 11 is 6.13. The van der Waals surface area contributed by atoms with Crippen LogP contribution in [0, 0.1) is 5.92 Å². The summed E-state index contributed by atoms with van der Waals surface area (Å²) in [6, 6.07) is 3.85. The topological polar surface area (TPSA) is 45.6 Å². The second kappa shape index (κ2) is 9.16. The van der Waals surface area contributed by atoms with Crippen LogP contribution in [0.1, 0.15) is 31.7 Å². The fourth-order valence-electron chi connectivity index (χ4n) is 2.76. The van der Waals surface area contributed by atoms with Gasteiger partial charge < -0.3 is 4.90 Å². The van der Waals surface area contributed by atoms with Gasteiger partial charge in [-0.2, -0.15) is 13.2 Å². The lowest BCUT2D eigenvalue weighted by atomic mass is 9.97. The van der Waals surface area contributed by atoms with Gasteiger partial charge >= 0.3 is 6.18 Å². The van der Waals surface area contributed by atoms with E-state index in [0.29, 0.717) is 12.2 Å². The van der Waals surface area contributed by atoms with Gasteiger partial charge in [0.2, 0.25) is 5.91 Å². The van der Waals surface area contributed by atoms with Crippen LogP contribution in [0.3, 0.4) is 0 Å². The lowest BCUT2D eigenvalue weighted by Gasteiger charge is -2.27. The molecule has 0 aromatic carbocycles. The Kier molecular flexibility index (Phi) is 7.20. The molecule has 0 radical (unpaired) electrons. The molecule has 0 aliphatic carbocycles. The van der Waals surface area contributed by atoms with Gasteiger partial charge in [0.25, 0.3) is 0 Å². The number of nitrogens with zero attached hydrogens (tertiary/aromatic N) is 3. The number of aryl methyl sites for hydroxylation is 1. The van der Waals surface area contributed by atoms with E-state index in [0.717, 1.165) is 18.4 Å². The van der Waals surface area contributed by atoms with Gasteiger partial charge in [-0.15, -0.1) is 0 Å². The zero-order chi connectivity index (χ0) is 19.2. The number of aromatic nitrogens is 1. The molecule has 1 atom stereocenters. The highest BCUT2D eigenvalue weighted by molar-refractivity contribution is 6.69. The molecule has 26 heavy (non-hydrogen) atoms. The quantitative estimate of drug-likeness (QED) is 0.698. The molecule has 1 aromatic heterocycles. The van der Waals surface area contributed by atoms with Crippen molar-refractivity contribution < 1.29 is 18.0 Å². The number of alkyl halides is 3. The molecule has 2 rings (SSSR count). The highest BCUT2D eigenvalue weighted by Gasteiger charge is 2.31. The lowest BCUT2D eigenvalue weighted by Crippen LogP contribution is -2.35. The van der Waals surface area contributed by atoms with Crippen molar-refractivity contribution in [2.24, 2.45) is 10.9 Å². The molecule has 0 spiro atoms. The van der Waals surface area contributed by atoms with E-state index in [9.17, 15) is 18.0 Å². The van der Waals surface area contributed by atoms with Gasteiger partial charge in [-0.1, -0.05) is 23.7 Å². The first kappa shape index (κ1) is 20.4. The highest BCUT2D eigenvalue weighted by Crippen LogP contribution is 2.26. The first-order valence-electron chi connectivity index (χ1n) is 8.48. The van der Waals surface area contributed by atoms with Gasteiger partial charge in [0.1, 0.15) is 5.17 Å². The van der Waals surface area contributed by atoms with Gasteiger partial charge in [0, 0.05) is 31.9 Å². The molecular formula is C18H21ClF3N3O. The van der Waals surface area contributed by atoms with Gasteiger partial charge in [-0.25, -0.2) is 0 Å². The monoisotopic (exact) mass is 387 g/mol. The molecule has 1 amide bonds. The van der Waals surface area contributed by atoms with E-state index in [-0.39, 0.29) is 17.6 Å². The third-order valence-electron chi connectivity index (χ3n) is 4.13. The van der Waals surface area contributed by atoms with Gasteiger partial charge in [-0.05, 0) is 37.3 Å². The van der Waals surface area contributed by atoms with Crippen LogP contribution in [-0.2, 0) is 11.2 Å². The maximum Gasteiger partial charge on any atom is 0.389 e. The van der Waals surface area contributed by atoms with E-state index in [4.69, 9.17) is 11.6 Å². The van der Waals surface area contributed by atoms with Crippen LogP contribution in [0.5, 0.6) is 0 Å². The molecule has 1 unspecified atom stereocenters. The van der Waals surface area contributed by atoms with Crippen molar-refractivity contribution in [1.29, 1.82) is 0 Å². The van der Waals surface area contributed by atoms with Crippen LogP contribution in [0.15, 0.2) is 41.3 Å². The third kappa shape index (κ3) is 6.12. The van der Waals surface area contributed by atoms with Gasteiger partial charge in [0.15, 0.2) is 0 Å². The fourth-order valence-corrected chi connectivity index (χ4v) is 3.00. The SMILES string of the molecule is CCN(C(=O)CCC(F)(F)F)C1=CC(CCc2cccnc2)CN=C1Cl. The Morgan fingerprint density at radius 2 is 2.19 bits per heavy atom. The minimum absolute atomic E-state index is 0.0668. The number of hydrogen-bond donors (Lipinski definition) is 0. The molecule has 2 heterocycles. The normalized spacial score (nSPS) is 17.5. The second-order valence-electron chi connectivity index (χ2n) is 6.10. The second-order valence-corrected chi connectivity index (χ2v) is 6.45. The summed E-state index contributed by atoms with van der Waals surface area (Å²) in [5, 5.41) is 0.171. The number of carbonyl (C=O) groups is 1. The Morgan fingerprint density at radius 3 is 2.81 bits per heavy atom. The first-order valence-corrected chi connectivity index (χ1v) is 8.86. The molecule has 1 aromatic rings. The smallest absolute Gasteiger partial charge is 0.310 e. The number of aliphatic imine (C=N–C) groups is 1. The predicted molar refractivity (Wildman–Crippen MR) is 95.0 cm³/mol. The number of allylic oxidation sites excluding steroid dienone is 1. The van der Waals surface area contributed by atoms with Crippen LogP contribution in [-0.4, -0.2) is 40.2 Å². The van der Waals surface area contributed by atoms with Crippen molar-refractivity contribution >= 4 is 22.7 Å². The molecule has 0 fully saturated rings. The number of dihydropyridines is 1. The molecule has 0 saturated carbocycles. The van der Waals surface area contributed by atoms with E-state index in [2.05, 4.69) is 9.98 Å². The Balaban J connectivity index is 2.04. The minimum atomic E-state index is -4.36. The molecule has 1 aliphatic rings. The Bertz CT molecular complexity index is 674. The molecule has 0 N–H and O–H groups in total. The number of rotatable bonds is 7. The Hall–Kier alpha value is -1.89. The van der Waals surface area contributed by atoms with Crippen molar-refractivity contribution in [3.63, 3.8) is 0 Å². The summed E-state index contributed by atoms with van der Waals surface area (Å²) in [7, 11) is 0. The van der Waals surface area contributed by atoms with Crippen LogP contribution < -0.4 is 0 Å². The van der Waals surface area contributed by atoms with E-state index >= 15 is 0 Å². The summed E-state index contributed by atoms with van der Waals surface area (Å²) < 4.78 is 37.2. The van der Waals surface area contributed by atoms with E-state index < -0.39 is 24.9 Å².